The van der Waals surface area contributed by atoms with E-state index in [-0.39, 0.29) is 0 Å². The molecule has 0 amide bonds. The molecule has 2 aromatic heterocycles. The summed E-state index contributed by atoms with van der Waals surface area (Å²) in [6.07, 6.45) is 4.23. The molecule has 0 radical (unpaired) electrons. The fourth-order valence-electron chi connectivity index (χ4n) is 2.07. The number of thiazole rings is 1. The topological polar surface area (TPSA) is 69.6 Å². The van der Waals surface area contributed by atoms with Gasteiger partial charge in [0.25, 0.3) is 0 Å². The van der Waals surface area contributed by atoms with Crippen LogP contribution in [-0.2, 0) is 19.4 Å². The van der Waals surface area contributed by atoms with E-state index >= 15 is 0 Å². The van der Waals surface area contributed by atoms with E-state index < -0.39 is 0 Å². The fourth-order valence-corrected chi connectivity index (χ4v) is 2.63. The first-order chi connectivity index (χ1) is 7.83. The maximum atomic E-state index is 5.61. The fraction of sp³-hybridized carbons (Fsp3) is 0.500. The zero-order valence-corrected chi connectivity index (χ0v) is 9.70. The Labute approximate surface area is 97.3 Å². The molecule has 0 spiro atoms. The quantitative estimate of drug-likeness (QED) is 0.850. The minimum atomic E-state index is 0.619. The van der Waals surface area contributed by atoms with Crippen LogP contribution in [0.15, 0.2) is 5.38 Å². The van der Waals surface area contributed by atoms with Crippen LogP contribution in [0.25, 0.3) is 0 Å². The lowest BCUT2D eigenvalue weighted by molar-refractivity contribution is 0.510. The van der Waals surface area contributed by atoms with Crippen LogP contribution in [0.1, 0.15) is 30.2 Å². The second-order valence-corrected chi connectivity index (χ2v) is 4.88. The lowest BCUT2D eigenvalue weighted by Crippen LogP contribution is -2.13. The van der Waals surface area contributed by atoms with Gasteiger partial charge in [-0.3, -0.25) is 0 Å². The van der Waals surface area contributed by atoms with Gasteiger partial charge in [-0.05, 0) is 12.8 Å². The number of nitrogen functional groups attached to an aromatic ring is 1. The number of nitrogens with zero attached hydrogens (tertiary/aromatic N) is 4. The summed E-state index contributed by atoms with van der Waals surface area (Å²) in [5.41, 5.74) is 6.60. The Morgan fingerprint density at radius 2 is 2.31 bits per heavy atom. The van der Waals surface area contributed by atoms with Crippen molar-refractivity contribution in [2.45, 2.75) is 32.2 Å². The van der Waals surface area contributed by atoms with Gasteiger partial charge in [0.1, 0.15) is 11.6 Å². The minimum Gasteiger partial charge on any atom is -0.375 e. The highest BCUT2D eigenvalue weighted by Crippen LogP contribution is 2.18. The Bertz CT molecular complexity index is 501. The number of rotatable bonds is 2. The predicted molar refractivity (Wildman–Crippen MR) is 62.3 cm³/mol. The molecular formula is C10H13N5S. The van der Waals surface area contributed by atoms with Gasteiger partial charge in [0, 0.05) is 18.3 Å². The van der Waals surface area contributed by atoms with Gasteiger partial charge in [0.05, 0.1) is 12.1 Å². The van der Waals surface area contributed by atoms with Gasteiger partial charge in [-0.2, -0.15) is 0 Å². The Morgan fingerprint density at radius 1 is 1.38 bits per heavy atom. The molecule has 1 aliphatic rings. The molecule has 3 rings (SSSR count). The number of hydrogen-bond acceptors (Lipinski definition) is 5. The van der Waals surface area contributed by atoms with E-state index in [4.69, 9.17) is 5.73 Å². The largest absolute Gasteiger partial charge is 0.375 e. The molecule has 2 N–H and O–H groups in total. The van der Waals surface area contributed by atoms with Gasteiger partial charge in [-0.25, -0.2) is 4.98 Å². The van der Waals surface area contributed by atoms with Gasteiger partial charge in [-0.1, -0.05) is 0 Å². The molecule has 16 heavy (non-hydrogen) atoms. The van der Waals surface area contributed by atoms with Gasteiger partial charge >= 0.3 is 0 Å². The monoisotopic (exact) mass is 235 g/mol. The molecule has 5 nitrogen and oxygen atoms in total. The highest BCUT2D eigenvalue weighted by molar-refractivity contribution is 7.13. The molecule has 0 unspecified atom stereocenters. The first-order valence-electron chi connectivity index (χ1n) is 5.44. The van der Waals surface area contributed by atoms with Crippen LogP contribution >= 0.6 is 11.3 Å². The summed E-state index contributed by atoms with van der Waals surface area (Å²) < 4.78 is 2.22. The number of aromatic nitrogens is 4. The third-order valence-corrected chi connectivity index (χ3v) is 3.57. The summed E-state index contributed by atoms with van der Waals surface area (Å²) in [4.78, 5) is 4.25. The van der Waals surface area contributed by atoms with Crippen molar-refractivity contribution in [3.8, 4) is 0 Å². The summed E-state index contributed by atoms with van der Waals surface area (Å²) in [6.45, 7) is 1.04. The van der Waals surface area contributed by atoms with E-state index in [1.54, 1.807) is 0 Å². The van der Waals surface area contributed by atoms with E-state index in [0.29, 0.717) is 5.13 Å². The average Bonchev–Trinajstić information content (AvgIpc) is 2.87. The summed E-state index contributed by atoms with van der Waals surface area (Å²) >= 11 is 1.47. The number of hydrogen-bond donors (Lipinski definition) is 1. The number of fused-ring (bicyclic) bond motifs is 1. The van der Waals surface area contributed by atoms with E-state index in [1.807, 2.05) is 5.38 Å². The molecule has 0 saturated carbocycles. The Morgan fingerprint density at radius 3 is 3.12 bits per heavy atom. The number of aryl methyl sites for hydroxylation is 1. The van der Waals surface area contributed by atoms with E-state index in [9.17, 15) is 0 Å². The maximum absolute atomic E-state index is 5.61. The lowest BCUT2D eigenvalue weighted by Gasteiger charge is -2.14. The van der Waals surface area contributed by atoms with Crippen molar-refractivity contribution in [1.29, 1.82) is 0 Å². The van der Waals surface area contributed by atoms with Gasteiger partial charge in [-0.15, -0.1) is 21.5 Å². The number of anilines is 1. The Balaban J connectivity index is 1.87. The van der Waals surface area contributed by atoms with Crippen molar-refractivity contribution in [3.63, 3.8) is 0 Å². The van der Waals surface area contributed by atoms with Crippen molar-refractivity contribution in [2.75, 3.05) is 5.73 Å². The van der Waals surface area contributed by atoms with Crippen molar-refractivity contribution >= 4 is 16.5 Å². The predicted octanol–water partition coefficient (Wildman–Crippen LogP) is 1.24. The highest BCUT2D eigenvalue weighted by Gasteiger charge is 2.16. The molecule has 0 aromatic carbocycles. The number of nitrogens with two attached hydrogens (primary N) is 1. The lowest BCUT2D eigenvalue weighted by atomic mass is 10.1. The average molecular weight is 235 g/mol. The zero-order chi connectivity index (χ0) is 11.0. The van der Waals surface area contributed by atoms with Crippen LogP contribution in [-0.4, -0.2) is 19.7 Å². The molecule has 0 aliphatic carbocycles. The molecular weight excluding hydrogens is 222 g/mol. The Kier molecular flexibility index (Phi) is 2.36. The molecule has 0 saturated heterocycles. The molecule has 0 fully saturated rings. The van der Waals surface area contributed by atoms with E-state index in [0.717, 1.165) is 36.7 Å². The summed E-state index contributed by atoms with van der Waals surface area (Å²) in [5, 5.41) is 11.1. The van der Waals surface area contributed by atoms with E-state index in [2.05, 4.69) is 19.7 Å². The normalized spacial score (nSPS) is 15.0. The van der Waals surface area contributed by atoms with Gasteiger partial charge < -0.3 is 10.3 Å². The smallest absolute Gasteiger partial charge is 0.180 e. The van der Waals surface area contributed by atoms with Gasteiger partial charge in [0.15, 0.2) is 5.13 Å². The van der Waals surface area contributed by atoms with Crippen molar-refractivity contribution in [1.82, 2.24) is 19.7 Å². The molecule has 84 valence electrons. The first-order valence-corrected chi connectivity index (χ1v) is 6.32. The van der Waals surface area contributed by atoms with Crippen LogP contribution in [0.4, 0.5) is 5.13 Å². The zero-order valence-electron chi connectivity index (χ0n) is 8.89. The van der Waals surface area contributed by atoms with Crippen molar-refractivity contribution in [2.24, 2.45) is 0 Å². The molecule has 3 heterocycles. The SMILES string of the molecule is Nc1nc(Cc2nnc3n2CCCC3)cs1. The molecule has 2 aromatic rings. The second kappa shape index (κ2) is 3.86. The molecule has 0 bridgehead atoms. The van der Waals surface area contributed by atoms with Crippen LogP contribution in [0, 0.1) is 0 Å². The molecule has 0 atom stereocenters. The Hall–Kier alpha value is -1.43. The van der Waals surface area contributed by atoms with Crippen LogP contribution in [0.2, 0.25) is 0 Å². The maximum Gasteiger partial charge on any atom is 0.180 e. The van der Waals surface area contributed by atoms with Gasteiger partial charge in [0.2, 0.25) is 0 Å². The molecule has 1 aliphatic heterocycles. The highest BCUT2D eigenvalue weighted by atomic mass is 32.1. The van der Waals surface area contributed by atoms with Crippen molar-refractivity contribution < 1.29 is 0 Å². The standard InChI is InChI=1S/C10H13N5S/c11-10-12-7(6-16-10)5-9-14-13-8-3-1-2-4-15(8)9/h6H,1-5H2,(H2,11,12). The third kappa shape index (κ3) is 1.69. The molecule has 6 heteroatoms. The summed E-state index contributed by atoms with van der Waals surface area (Å²) in [5.74, 6) is 2.13. The van der Waals surface area contributed by atoms with Crippen LogP contribution < -0.4 is 5.73 Å². The minimum absolute atomic E-state index is 0.619. The van der Waals surface area contributed by atoms with E-state index in [1.165, 1.54) is 24.2 Å². The second-order valence-electron chi connectivity index (χ2n) is 4.00. The summed E-state index contributed by atoms with van der Waals surface area (Å²) in [7, 11) is 0. The van der Waals surface area contributed by atoms with Crippen LogP contribution in [0.5, 0.6) is 0 Å². The first kappa shape index (κ1) is 9.77. The van der Waals surface area contributed by atoms with Crippen molar-refractivity contribution in [3.05, 3.63) is 22.7 Å². The third-order valence-electron chi connectivity index (χ3n) is 2.84. The van der Waals surface area contributed by atoms with Crippen LogP contribution in [0.3, 0.4) is 0 Å². The summed E-state index contributed by atoms with van der Waals surface area (Å²) in [6, 6.07) is 0.